The monoisotopic (exact) mass is 488 g/mol. The Bertz CT molecular complexity index is 1270. The van der Waals surface area contributed by atoms with E-state index in [1.165, 1.54) is 5.56 Å². The van der Waals surface area contributed by atoms with Gasteiger partial charge in [-0.2, -0.15) is 5.10 Å². The SMILES string of the molecule is CCCCOc1ccc(CC(=O)O)cc1-c1cc(-c2ccc(Cl)cc2)n(CCc2ccccc2)n1. The number of carbonyl (C=O) groups is 1. The van der Waals surface area contributed by atoms with E-state index in [0.717, 1.165) is 41.8 Å². The van der Waals surface area contributed by atoms with Gasteiger partial charge in [0.2, 0.25) is 0 Å². The van der Waals surface area contributed by atoms with Crippen LogP contribution in [0.1, 0.15) is 30.9 Å². The van der Waals surface area contributed by atoms with Crippen molar-refractivity contribution in [1.29, 1.82) is 0 Å². The zero-order chi connectivity index (χ0) is 24.6. The van der Waals surface area contributed by atoms with Gasteiger partial charge in [-0.3, -0.25) is 9.48 Å². The first kappa shape index (κ1) is 24.6. The zero-order valence-electron chi connectivity index (χ0n) is 19.8. The van der Waals surface area contributed by atoms with Gasteiger partial charge in [0.1, 0.15) is 5.75 Å². The first-order valence-electron chi connectivity index (χ1n) is 11.9. The first-order valence-corrected chi connectivity index (χ1v) is 12.3. The van der Waals surface area contributed by atoms with Crippen molar-refractivity contribution in [3.63, 3.8) is 0 Å². The van der Waals surface area contributed by atoms with Gasteiger partial charge in [0, 0.05) is 17.1 Å². The predicted octanol–water partition coefficient (Wildman–Crippen LogP) is 6.92. The van der Waals surface area contributed by atoms with Crippen molar-refractivity contribution >= 4 is 17.6 Å². The number of halogens is 1. The minimum atomic E-state index is -0.870. The number of hydrogen-bond acceptors (Lipinski definition) is 3. The van der Waals surface area contributed by atoms with E-state index in [9.17, 15) is 9.90 Å². The Labute approximate surface area is 211 Å². The maximum atomic E-state index is 11.3. The van der Waals surface area contributed by atoms with Crippen molar-refractivity contribution in [3.05, 3.63) is 95.0 Å². The highest BCUT2D eigenvalue weighted by Crippen LogP contribution is 2.34. The van der Waals surface area contributed by atoms with Crippen molar-refractivity contribution in [2.75, 3.05) is 6.61 Å². The van der Waals surface area contributed by atoms with Gasteiger partial charge in [-0.05, 0) is 59.9 Å². The van der Waals surface area contributed by atoms with Crippen molar-refractivity contribution < 1.29 is 14.6 Å². The van der Waals surface area contributed by atoms with Crippen LogP contribution >= 0.6 is 11.6 Å². The molecule has 0 radical (unpaired) electrons. The summed E-state index contributed by atoms with van der Waals surface area (Å²) >= 11 is 6.13. The third kappa shape index (κ3) is 6.52. The lowest BCUT2D eigenvalue weighted by Crippen LogP contribution is -2.06. The molecule has 0 fully saturated rings. The Morgan fingerprint density at radius 2 is 1.77 bits per heavy atom. The third-order valence-electron chi connectivity index (χ3n) is 5.81. The zero-order valence-corrected chi connectivity index (χ0v) is 20.5. The van der Waals surface area contributed by atoms with E-state index < -0.39 is 5.97 Å². The molecule has 4 aromatic rings. The summed E-state index contributed by atoms with van der Waals surface area (Å²) < 4.78 is 8.08. The Hall–Kier alpha value is -3.57. The van der Waals surface area contributed by atoms with Gasteiger partial charge in [0.15, 0.2) is 0 Å². The number of hydrogen-bond donors (Lipinski definition) is 1. The molecule has 0 unspecified atom stereocenters. The van der Waals surface area contributed by atoms with Crippen LogP contribution in [-0.2, 0) is 24.2 Å². The Morgan fingerprint density at radius 1 is 1.00 bits per heavy atom. The number of aromatic nitrogens is 2. The topological polar surface area (TPSA) is 64.3 Å². The molecule has 4 rings (SSSR count). The standard InChI is InChI=1S/C29H29ClN2O3/c1-2-3-17-35-28-14-9-22(19-29(33)34)18-25(28)26-20-27(23-10-12-24(30)13-11-23)32(31-26)16-15-21-7-5-4-6-8-21/h4-14,18,20H,2-3,15-17,19H2,1H3,(H,33,34). The van der Waals surface area contributed by atoms with Gasteiger partial charge in [-0.1, -0.05) is 73.5 Å². The molecule has 0 aliphatic heterocycles. The average molecular weight is 489 g/mol. The molecule has 0 aliphatic rings. The summed E-state index contributed by atoms with van der Waals surface area (Å²) in [7, 11) is 0. The van der Waals surface area contributed by atoms with Crippen molar-refractivity contribution in [1.82, 2.24) is 9.78 Å². The van der Waals surface area contributed by atoms with Gasteiger partial charge < -0.3 is 9.84 Å². The third-order valence-corrected chi connectivity index (χ3v) is 6.06. The second-order valence-corrected chi connectivity index (χ2v) is 8.92. The van der Waals surface area contributed by atoms with Crippen LogP contribution in [0.2, 0.25) is 5.02 Å². The molecule has 0 amide bonds. The van der Waals surface area contributed by atoms with Gasteiger partial charge >= 0.3 is 5.97 Å². The highest BCUT2D eigenvalue weighted by Gasteiger charge is 2.17. The Morgan fingerprint density at radius 3 is 2.49 bits per heavy atom. The smallest absolute Gasteiger partial charge is 0.307 e. The van der Waals surface area contributed by atoms with Crippen LogP contribution in [0.5, 0.6) is 5.75 Å². The lowest BCUT2D eigenvalue weighted by molar-refractivity contribution is -0.136. The Kier molecular flexibility index (Phi) is 8.22. The van der Waals surface area contributed by atoms with Crippen LogP contribution < -0.4 is 4.74 Å². The molecule has 0 saturated carbocycles. The highest BCUT2D eigenvalue weighted by molar-refractivity contribution is 6.30. The number of ether oxygens (including phenoxy) is 1. The highest BCUT2D eigenvalue weighted by atomic mass is 35.5. The molecule has 6 heteroatoms. The fourth-order valence-electron chi connectivity index (χ4n) is 3.97. The molecule has 0 bridgehead atoms. The van der Waals surface area contributed by atoms with Gasteiger partial charge in [0.05, 0.1) is 24.4 Å². The number of rotatable bonds is 11. The fraction of sp³-hybridized carbons (Fsp3) is 0.241. The normalized spacial score (nSPS) is 10.9. The van der Waals surface area contributed by atoms with Gasteiger partial charge in [-0.25, -0.2) is 0 Å². The molecule has 0 spiro atoms. The molecule has 5 nitrogen and oxygen atoms in total. The Balaban J connectivity index is 1.75. The largest absolute Gasteiger partial charge is 0.493 e. The quantitative estimate of drug-likeness (QED) is 0.233. The molecule has 180 valence electrons. The molecule has 0 saturated heterocycles. The van der Waals surface area contributed by atoms with E-state index >= 15 is 0 Å². The fourth-order valence-corrected chi connectivity index (χ4v) is 4.09. The maximum Gasteiger partial charge on any atom is 0.307 e. The number of unbranched alkanes of at least 4 members (excludes halogenated alkanes) is 1. The van der Waals surface area contributed by atoms with Crippen LogP contribution in [0.15, 0.2) is 78.9 Å². The number of aryl methyl sites for hydroxylation is 2. The second-order valence-electron chi connectivity index (χ2n) is 8.48. The number of benzene rings is 3. The van der Waals surface area contributed by atoms with Crippen LogP contribution in [0.4, 0.5) is 0 Å². The average Bonchev–Trinajstić information content (AvgIpc) is 3.28. The molecule has 35 heavy (non-hydrogen) atoms. The minimum absolute atomic E-state index is 0.0546. The van der Waals surface area contributed by atoms with Crippen molar-refractivity contribution in [3.8, 4) is 28.3 Å². The number of carboxylic acids is 1. The summed E-state index contributed by atoms with van der Waals surface area (Å²) in [5, 5.41) is 14.9. The van der Waals surface area contributed by atoms with Crippen LogP contribution in [-0.4, -0.2) is 27.5 Å². The van der Waals surface area contributed by atoms with E-state index in [4.69, 9.17) is 21.4 Å². The van der Waals surface area contributed by atoms with Gasteiger partial charge in [0.25, 0.3) is 0 Å². The molecule has 0 atom stereocenters. The van der Waals surface area contributed by atoms with Crippen LogP contribution in [0, 0.1) is 0 Å². The number of nitrogens with zero attached hydrogens (tertiary/aromatic N) is 2. The van der Waals surface area contributed by atoms with Crippen molar-refractivity contribution in [2.45, 2.75) is 39.2 Å². The van der Waals surface area contributed by atoms with E-state index in [0.29, 0.717) is 29.5 Å². The predicted molar refractivity (Wildman–Crippen MR) is 140 cm³/mol. The van der Waals surface area contributed by atoms with Crippen LogP contribution in [0.3, 0.4) is 0 Å². The lowest BCUT2D eigenvalue weighted by atomic mass is 10.0. The first-order chi connectivity index (χ1) is 17.0. The molecule has 1 N–H and O–H groups in total. The molecule has 1 aromatic heterocycles. The summed E-state index contributed by atoms with van der Waals surface area (Å²) in [4.78, 5) is 11.3. The summed E-state index contributed by atoms with van der Waals surface area (Å²) in [6.45, 7) is 3.41. The molecule has 3 aromatic carbocycles. The molecule has 0 aliphatic carbocycles. The van der Waals surface area contributed by atoms with E-state index in [1.807, 2.05) is 71.4 Å². The summed E-state index contributed by atoms with van der Waals surface area (Å²) in [5.41, 5.74) is 5.48. The maximum absolute atomic E-state index is 11.3. The minimum Gasteiger partial charge on any atom is -0.493 e. The second kappa shape index (κ2) is 11.7. The number of carboxylic acid groups (broad SMARTS) is 1. The van der Waals surface area contributed by atoms with Crippen molar-refractivity contribution in [2.24, 2.45) is 0 Å². The summed E-state index contributed by atoms with van der Waals surface area (Å²) in [6, 6.07) is 25.6. The summed E-state index contributed by atoms with van der Waals surface area (Å²) in [5.74, 6) is -0.159. The lowest BCUT2D eigenvalue weighted by Gasteiger charge is -2.11. The molecular formula is C29H29ClN2O3. The van der Waals surface area contributed by atoms with E-state index in [2.05, 4.69) is 19.1 Å². The van der Waals surface area contributed by atoms with E-state index in [-0.39, 0.29) is 6.42 Å². The van der Waals surface area contributed by atoms with Crippen LogP contribution in [0.25, 0.3) is 22.5 Å². The summed E-state index contributed by atoms with van der Waals surface area (Å²) in [6.07, 6.45) is 2.75. The van der Waals surface area contributed by atoms with E-state index in [1.54, 1.807) is 0 Å². The molecule has 1 heterocycles. The number of aliphatic carboxylic acids is 1. The molecular weight excluding hydrogens is 460 g/mol. The van der Waals surface area contributed by atoms with Gasteiger partial charge in [-0.15, -0.1) is 0 Å².